The van der Waals surface area contributed by atoms with Crippen molar-refractivity contribution < 1.29 is 8.42 Å². The summed E-state index contributed by atoms with van der Waals surface area (Å²) in [6, 6.07) is 12.7. The molecular weight excluding hydrogens is 292 g/mol. The van der Waals surface area contributed by atoms with Gasteiger partial charge in [-0.15, -0.1) is 11.3 Å². The number of thiazole rings is 1. The van der Waals surface area contributed by atoms with Crippen molar-refractivity contribution in [1.82, 2.24) is 9.71 Å². The van der Waals surface area contributed by atoms with E-state index in [1.54, 1.807) is 17.6 Å². The summed E-state index contributed by atoms with van der Waals surface area (Å²) in [5.41, 5.74) is 2.40. The van der Waals surface area contributed by atoms with Gasteiger partial charge in [-0.05, 0) is 11.5 Å². The highest BCUT2D eigenvalue weighted by Crippen LogP contribution is 2.22. The van der Waals surface area contributed by atoms with Crippen LogP contribution in [-0.4, -0.2) is 13.4 Å². The average Bonchev–Trinajstić information content (AvgIpc) is 2.98. The van der Waals surface area contributed by atoms with Gasteiger partial charge in [0.25, 0.3) is 0 Å². The fraction of sp³-hybridized carbons (Fsp3) is 0.0714. The molecule has 0 saturated heterocycles. The van der Waals surface area contributed by atoms with Gasteiger partial charge in [0, 0.05) is 10.8 Å². The zero-order valence-corrected chi connectivity index (χ0v) is 12.1. The van der Waals surface area contributed by atoms with E-state index in [4.69, 9.17) is 0 Å². The van der Waals surface area contributed by atoms with Crippen LogP contribution < -0.4 is 4.72 Å². The van der Waals surface area contributed by atoms with E-state index in [0.717, 1.165) is 16.5 Å². The molecule has 0 atom stereocenters. The second-order valence-corrected chi connectivity index (χ2v) is 6.74. The number of sulfonamides is 1. The molecule has 2 aromatic carbocycles. The Morgan fingerprint density at radius 2 is 1.90 bits per heavy atom. The molecule has 0 fully saturated rings. The molecule has 0 aliphatic carbocycles. The minimum atomic E-state index is -3.55. The molecule has 0 bridgehead atoms. The van der Waals surface area contributed by atoms with E-state index < -0.39 is 10.0 Å². The maximum absolute atomic E-state index is 12.4. The van der Waals surface area contributed by atoms with E-state index in [9.17, 15) is 8.42 Å². The number of hydrogen-bond donors (Lipinski definition) is 1. The lowest BCUT2D eigenvalue weighted by atomic mass is 10.1. The lowest BCUT2D eigenvalue weighted by Crippen LogP contribution is -2.23. The lowest BCUT2D eigenvalue weighted by molar-refractivity contribution is 0.581. The monoisotopic (exact) mass is 304 g/mol. The van der Waals surface area contributed by atoms with Crippen molar-refractivity contribution in [3.63, 3.8) is 0 Å². The summed E-state index contributed by atoms with van der Waals surface area (Å²) in [6.07, 6.45) is 0. The van der Waals surface area contributed by atoms with Gasteiger partial charge in [0.15, 0.2) is 0 Å². The minimum absolute atomic E-state index is 0.203. The summed E-state index contributed by atoms with van der Waals surface area (Å²) in [7, 11) is -3.55. The molecule has 6 heteroatoms. The highest BCUT2D eigenvalue weighted by atomic mass is 32.2. The van der Waals surface area contributed by atoms with Crippen LogP contribution in [0.1, 0.15) is 5.69 Å². The first-order valence-corrected chi connectivity index (χ1v) is 8.44. The molecule has 102 valence electrons. The number of nitrogens with zero attached hydrogens (tertiary/aromatic N) is 1. The molecule has 4 nitrogen and oxygen atoms in total. The predicted octanol–water partition coefficient (Wildman–Crippen LogP) is 2.77. The third-order valence-electron chi connectivity index (χ3n) is 2.97. The number of hydrogen-bond acceptors (Lipinski definition) is 4. The van der Waals surface area contributed by atoms with Crippen molar-refractivity contribution in [3.05, 3.63) is 59.0 Å². The summed E-state index contributed by atoms with van der Waals surface area (Å²) in [6.45, 7) is 0.203. The van der Waals surface area contributed by atoms with Gasteiger partial charge in [-0.25, -0.2) is 18.1 Å². The fourth-order valence-corrected chi connectivity index (χ4v) is 3.79. The van der Waals surface area contributed by atoms with Gasteiger partial charge in [0.2, 0.25) is 10.0 Å². The Bertz CT molecular complexity index is 822. The van der Waals surface area contributed by atoms with Gasteiger partial charge >= 0.3 is 0 Å². The smallest absolute Gasteiger partial charge is 0.241 e. The maximum atomic E-state index is 12.4. The topological polar surface area (TPSA) is 59.1 Å². The summed E-state index contributed by atoms with van der Waals surface area (Å²) in [5.74, 6) is 0. The van der Waals surface area contributed by atoms with Crippen molar-refractivity contribution in [2.75, 3.05) is 0 Å². The highest BCUT2D eigenvalue weighted by Gasteiger charge is 2.16. The first-order chi connectivity index (χ1) is 9.67. The highest BCUT2D eigenvalue weighted by molar-refractivity contribution is 7.89. The Morgan fingerprint density at radius 1 is 1.10 bits per heavy atom. The average molecular weight is 304 g/mol. The molecular formula is C14H12N2O2S2. The zero-order valence-electron chi connectivity index (χ0n) is 10.5. The van der Waals surface area contributed by atoms with Crippen molar-refractivity contribution in [2.24, 2.45) is 0 Å². The maximum Gasteiger partial charge on any atom is 0.241 e. The second kappa shape index (κ2) is 5.32. The van der Waals surface area contributed by atoms with E-state index in [1.165, 1.54) is 11.3 Å². The van der Waals surface area contributed by atoms with Crippen LogP contribution in [-0.2, 0) is 16.6 Å². The van der Waals surface area contributed by atoms with Gasteiger partial charge in [-0.1, -0.05) is 36.4 Å². The van der Waals surface area contributed by atoms with Crippen LogP contribution in [0.3, 0.4) is 0 Å². The molecule has 0 aliphatic heterocycles. The van der Waals surface area contributed by atoms with Crippen LogP contribution in [0.15, 0.2) is 58.3 Å². The molecule has 0 unspecified atom stereocenters. The normalized spacial score (nSPS) is 11.8. The Labute approximate surface area is 121 Å². The van der Waals surface area contributed by atoms with Gasteiger partial charge in [-0.2, -0.15) is 0 Å². The molecule has 3 rings (SSSR count). The molecule has 1 aromatic heterocycles. The molecule has 0 spiro atoms. The summed E-state index contributed by atoms with van der Waals surface area (Å²) < 4.78 is 27.4. The zero-order chi connectivity index (χ0) is 14.0. The van der Waals surface area contributed by atoms with Crippen molar-refractivity contribution >= 4 is 32.1 Å². The van der Waals surface area contributed by atoms with E-state index in [2.05, 4.69) is 9.71 Å². The number of fused-ring (bicyclic) bond motifs is 1. The lowest BCUT2D eigenvalue weighted by Gasteiger charge is -2.08. The molecule has 1 heterocycles. The Morgan fingerprint density at radius 3 is 2.70 bits per heavy atom. The van der Waals surface area contributed by atoms with Crippen LogP contribution >= 0.6 is 11.3 Å². The third-order valence-corrected chi connectivity index (χ3v) is 5.06. The predicted molar refractivity (Wildman–Crippen MR) is 80.1 cm³/mol. The molecule has 0 saturated carbocycles. The standard InChI is InChI=1S/C14H12N2O2S2/c17-20(18,16-8-12-9-19-10-15-12)14-7-3-5-11-4-1-2-6-13(11)14/h1-7,9-10,16H,8H2. The Balaban J connectivity index is 1.97. The van der Waals surface area contributed by atoms with Crippen LogP contribution in [0.5, 0.6) is 0 Å². The first-order valence-electron chi connectivity index (χ1n) is 6.01. The largest absolute Gasteiger partial charge is 0.248 e. The van der Waals surface area contributed by atoms with Gasteiger partial charge in [-0.3, -0.25) is 0 Å². The van der Waals surface area contributed by atoms with E-state index in [1.807, 2.05) is 35.7 Å². The van der Waals surface area contributed by atoms with E-state index >= 15 is 0 Å². The molecule has 20 heavy (non-hydrogen) atoms. The third kappa shape index (κ3) is 2.58. The number of benzene rings is 2. The van der Waals surface area contributed by atoms with Crippen molar-refractivity contribution in [2.45, 2.75) is 11.4 Å². The Hall–Kier alpha value is -1.76. The van der Waals surface area contributed by atoms with Gasteiger partial charge in [0.05, 0.1) is 22.6 Å². The second-order valence-electron chi connectivity index (χ2n) is 4.28. The Kier molecular flexibility index (Phi) is 3.52. The minimum Gasteiger partial charge on any atom is -0.248 e. The van der Waals surface area contributed by atoms with E-state index in [-0.39, 0.29) is 6.54 Å². The van der Waals surface area contributed by atoms with Crippen molar-refractivity contribution in [3.8, 4) is 0 Å². The van der Waals surface area contributed by atoms with Crippen LogP contribution in [0.4, 0.5) is 0 Å². The molecule has 0 radical (unpaired) electrons. The number of nitrogens with one attached hydrogen (secondary N) is 1. The molecule has 0 aliphatic rings. The van der Waals surface area contributed by atoms with Crippen LogP contribution in [0, 0.1) is 0 Å². The first kappa shape index (κ1) is 13.2. The van der Waals surface area contributed by atoms with Gasteiger partial charge < -0.3 is 0 Å². The SMILES string of the molecule is O=S(=O)(NCc1cscn1)c1cccc2ccccc12. The van der Waals surface area contributed by atoms with Crippen LogP contribution in [0.25, 0.3) is 10.8 Å². The quantitative estimate of drug-likeness (QED) is 0.806. The fourth-order valence-electron chi connectivity index (χ4n) is 2.00. The summed E-state index contributed by atoms with van der Waals surface area (Å²) >= 11 is 1.44. The van der Waals surface area contributed by atoms with E-state index in [0.29, 0.717) is 4.90 Å². The molecule has 1 N–H and O–H groups in total. The summed E-state index contributed by atoms with van der Waals surface area (Å²) in [4.78, 5) is 4.36. The molecule has 3 aromatic rings. The van der Waals surface area contributed by atoms with Crippen molar-refractivity contribution in [1.29, 1.82) is 0 Å². The number of aromatic nitrogens is 1. The van der Waals surface area contributed by atoms with Gasteiger partial charge in [0.1, 0.15) is 0 Å². The molecule has 0 amide bonds. The van der Waals surface area contributed by atoms with Crippen LogP contribution in [0.2, 0.25) is 0 Å². The number of rotatable bonds is 4. The summed E-state index contributed by atoms with van der Waals surface area (Å²) in [5, 5.41) is 3.45.